The van der Waals surface area contributed by atoms with Crippen molar-refractivity contribution in [3.05, 3.63) is 35.0 Å². The lowest BCUT2D eigenvalue weighted by molar-refractivity contribution is 0.630. The van der Waals surface area contributed by atoms with E-state index >= 15 is 0 Å². The van der Waals surface area contributed by atoms with Gasteiger partial charge in [-0.1, -0.05) is 0 Å². The summed E-state index contributed by atoms with van der Waals surface area (Å²) in [6.45, 7) is 11.8. The van der Waals surface area contributed by atoms with E-state index in [-0.39, 0.29) is 0 Å². The van der Waals surface area contributed by atoms with Gasteiger partial charge in [-0.05, 0) is 33.8 Å². The maximum Gasteiger partial charge on any atom is 0.225 e. The van der Waals surface area contributed by atoms with Crippen LogP contribution < -0.4 is 9.80 Å². The van der Waals surface area contributed by atoms with E-state index in [0.29, 0.717) is 0 Å². The third-order valence-corrected chi connectivity index (χ3v) is 4.14. The minimum absolute atomic E-state index is 0.841. The van der Waals surface area contributed by atoms with Crippen LogP contribution in [0.2, 0.25) is 0 Å². The molecule has 0 bridgehead atoms. The van der Waals surface area contributed by atoms with Crippen LogP contribution in [0.25, 0.3) is 0 Å². The summed E-state index contributed by atoms with van der Waals surface area (Å²) in [5.41, 5.74) is 4.25. The molecule has 116 valence electrons. The Morgan fingerprint density at radius 1 is 0.818 bits per heavy atom. The van der Waals surface area contributed by atoms with Gasteiger partial charge in [0.15, 0.2) is 0 Å². The van der Waals surface area contributed by atoms with Crippen molar-refractivity contribution < 1.29 is 0 Å². The summed E-state index contributed by atoms with van der Waals surface area (Å²) < 4.78 is 0. The van der Waals surface area contributed by atoms with E-state index in [4.69, 9.17) is 0 Å². The van der Waals surface area contributed by atoms with Gasteiger partial charge >= 0.3 is 0 Å². The fraction of sp³-hybridized carbons (Fsp3) is 0.500. The van der Waals surface area contributed by atoms with Crippen LogP contribution >= 0.6 is 0 Å². The Bertz CT molecular complexity index is 656. The Morgan fingerprint density at radius 2 is 1.41 bits per heavy atom. The lowest BCUT2D eigenvalue weighted by Gasteiger charge is -2.36. The first-order valence-electron chi connectivity index (χ1n) is 7.65. The largest absolute Gasteiger partial charge is 0.353 e. The number of hydrogen-bond donors (Lipinski definition) is 0. The highest BCUT2D eigenvalue weighted by Crippen LogP contribution is 2.21. The molecular weight excluding hydrogens is 276 g/mol. The van der Waals surface area contributed by atoms with Gasteiger partial charge in [0.1, 0.15) is 12.1 Å². The molecular formula is C16H22N6. The Balaban J connectivity index is 1.73. The SMILES string of the molecule is Cc1cc(C)nc(N2CCN(c3ncnc(C)c3C)CC2)n1. The smallest absolute Gasteiger partial charge is 0.225 e. The monoisotopic (exact) mass is 298 g/mol. The highest BCUT2D eigenvalue weighted by Gasteiger charge is 2.21. The van der Waals surface area contributed by atoms with Crippen molar-refractivity contribution in [2.24, 2.45) is 0 Å². The predicted octanol–water partition coefficient (Wildman–Crippen LogP) is 1.83. The fourth-order valence-electron chi connectivity index (χ4n) is 2.81. The quantitative estimate of drug-likeness (QED) is 0.843. The highest BCUT2D eigenvalue weighted by atomic mass is 15.3. The Labute approximate surface area is 131 Å². The number of hydrogen-bond acceptors (Lipinski definition) is 6. The van der Waals surface area contributed by atoms with Gasteiger partial charge < -0.3 is 9.80 Å². The van der Waals surface area contributed by atoms with E-state index in [9.17, 15) is 0 Å². The standard InChI is InChI=1S/C16H22N6/c1-11-9-12(2)20-16(19-11)22-7-5-21(6-8-22)15-13(3)14(4)17-10-18-15/h9-10H,5-8H2,1-4H3. The van der Waals surface area contributed by atoms with Crippen molar-refractivity contribution in [2.45, 2.75) is 27.7 Å². The molecule has 0 radical (unpaired) electrons. The molecule has 22 heavy (non-hydrogen) atoms. The minimum atomic E-state index is 0.841. The number of rotatable bonds is 2. The van der Waals surface area contributed by atoms with Crippen molar-refractivity contribution in [1.29, 1.82) is 0 Å². The van der Waals surface area contributed by atoms with Crippen molar-refractivity contribution in [3.8, 4) is 0 Å². The van der Waals surface area contributed by atoms with Crippen LogP contribution in [-0.2, 0) is 0 Å². The van der Waals surface area contributed by atoms with Crippen molar-refractivity contribution in [2.75, 3.05) is 36.0 Å². The van der Waals surface area contributed by atoms with Gasteiger partial charge in [0.25, 0.3) is 0 Å². The van der Waals surface area contributed by atoms with Crippen LogP contribution in [0, 0.1) is 27.7 Å². The zero-order chi connectivity index (χ0) is 15.7. The molecule has 2 aromatic heterocycles. The molecule has 0 aliphatic carbocycles. The third-order valence-electron chi connectivity index (χ3n) is 4.14. The normalized spacial score (nSPS) is 15.3. The maximum atomic E-state index is 4.56. The van der Waals surface area contributed by atoms with Crippen molar-refractivity contribution in [3.63, 3.8) is 0 Å². The summed E-state index contributed by atoms with van der Waals surface area (Å²) in [5.74, 6) is 1.89. The first-order valence-corrected chi connectivity index (χ1v) is 7.65. The molecule has 0 unspecified atom stereocenters. The molecule has 0 aromatic carbocycles. The first kappa shape index (κ1) is 14.7. The van der Waals surface area contributed by atoms with Gasteiger partial charge in [0, 0.05) is 48.8 Å². The van der Waals surface area contributed by atoms with E-state index in [1.54, 1.807) is 6.33 Å². The molecule has 0 amide bonds. The average molecular weight is 298 g/mol. The average Bonchev–Trinajstić information content (AvgIpc) is 2.49. The van der Waals surface area contributed by atoms with Crippen LogP contribution in [0.5, 0.6) is 0 Å². The molecule has 0 saturated carbocycles. The Hall–Kier alpha value is -2.24. The molecule has 2 aromatic rings. The second-order valence-corrected chi connectivity index (χ2v) is 5.83. The van der Waals surface area contributed by atoms with Gasteiger partial charge in [-0.15, -0.1) is 0 Å². The highest BCUT2D eigenvalue weighted by molar-refractivity contribution is 5.49. The van der Waals surface area contributed by atoms with Crippen LogP contribution in [0.1, 0.15) is 22.6 Å². The summed E-state index contributed by atoms with van der Waals surface area (Å²) in [6.07, 6.45) is 1.65. The van der Waals surface area contributed by atoms with E-state index < -0.39 is 0 Å². The second kappa shape index (κ2) is 5.87. The van der Waals surface area contributed by atoms with Crippen molar-refractivity contribution in [1.82, 2.24) is 19.9 Å². The lowest BCUT2D eigenvalue weighted by Crippen LogP contribution is -2.47. The number of nitrogens with zero attached hydrogens (tertiary/aromatic N) is 6. The number of aryl methyl sites for hydroxylation is 3. The molecule has 3 heterocycles. The molecule has 1 saturated heterocycles. The van der Waals surface area contributed by atoms with Gasteiger partial charge in [-0.25, -0.2) is 19.9 Å². The lowest BCUT2D eigenvalue weighted by atomic mass is 10.2. The fourth-order valence-corrected chi connectivity index (χ4v) is 2.81. The van der Waals surface area contributed by atoms with Gasteiger partial charge in [0.2, 0.25) is 5.95 Å². The maximum absolute atomic E-state index is 4.56. The molecule has 0 spiro atoms. The van der Waals surface area contributed by atoms with Crippen LogP contribution in [0.3, 0.4) is 0 Å². The topological polar surface area (TPSA) is 58.0 Å². The molecule has 0 atom stereocenters. The molecule has 1 aliphatic rings. The zero-order valence-electron chi connectivity index (χ0n) is 13.7. The van der Waals surface area contributed by atoms with E-state index in [1.807, 2.05) is 26.8 Å². The molecule has 6 heteroatoms. The molecule has 1 fully saturated rings. The summed E-state index contributed by atoms with van der Waals surface area (Å²) in [7, 11) is 0. The summed E-state index contributed by atoms with van der Waals surface area (Å²) in [6, 6.07) is 2.01. The third kappa shape index (κ3) is 2.86. The number of piperazine rings is 1. The van der Waals surface area contributed by atoms with Gasteiger partial charge in [0.05, 0.1) is 0 Å². The molecule has 0 N–H and O–H groups in total. The van der Waals surface area contributed by atoms with Crippen LogP contribution in [0.15, 0.2) is 12.4 Å². The molecule has 1 aliphatic heterocycles. The van der Waals surface area contributed by atoms with E-state index in [0.717, 1.165) is 55.0 Å². The molecule has 3 rings (SSSR count). The Morgan fingerprint density at radius 3 is 2.05 bits per heavy atom. The van der Waals surface area contributed by atoms with Gasteiger partial charge in [-0.2, -0.15) is 0 Å². The Kier molecular flexibility index (Phi) is 3.92. The second-order valence-electron chi connectivity index (χ2n) is 5.83. The molecule has 6 nitrogen and oxygen atoms in total. The van der Waals surface area contributed by atoms with Crippen LogP contribution in [0.4, 0.5) is 11.8 Å². The zero-order valence-corrected chi connectivity index (χ0v) is 13.7. The van der Waals surface area contributed by atoms with E-state index in [1.165, 1.54) is 5.56 Å². The number of anilines is 2. The number of aromatic nitrogens is 4. The summed E-state index contributed by atoms with van der Waals surface area (Å²) >= 11 is 0. The minimum Gasteiger partial charge on any atom is -0.353 e. The van der Waals surface area contributed by atoms with E-state index in [2.05, 4.69) is 36.7 Å². The summed E-state index contributed by atoms with van der Waals surface area (Å²) in [4.78, 5) is 22.4. The van der Waals surface area contributed by atoms with Crippen molar-refractivity contribution >= 4 is 11.8 Å². The predicted molar refractivity (Wildman–Crippen MR) is 87.4 cm³/mol. The summed E-state index contributed by atoms with van der Waals surface area (Å²) in [5, 5.41) is 0. The van der Waals surface area contributed by atoms with Gasteiger partial charge in [-0.3, -0.25) is 0 Å². The first-order chi connectivity index (χ1) is 10.5. The van der Waals surface area contributed by atoms with Crippen LogP contribution in [-0.4, -0.2) is 46.1 Å².